The lowest BCUT2D eigenvalue weighted by Crippen LogP contribution is -2.31. The van der Waals surface area contributed by atoms with E-state index in [2.05, 4.69) is 11.4 Å². The van der Waals surface area contributed by atoms with Crippen molar-refractivity contribution in [2.75, 3.05) is 6.54 Å². The fourth-order valence-electron chi connectivity index (χ4n) is 3.62. The number of hydrogen-bond donors (Lipinski definition) is 1. The van der Waals surface area contributed by atoms with Crippen molar-refractivity contribution >= 4 is 5.91 Å². The molecule has 0 aromatic heterocycles. The maximum atomic E-state index is 12.2. The van der Waals surface area contributed by atoms with Gasteiger partial charge in [0.1, 0.15) is 0 Å². The van der Waals surface area contributed by atoms with Crippen LogP contribution in [0.3, 0.4) is 0 Å². The Morgan fingerprint density at radius 1 is 1.28 bits per heavy atom. The highest BCUT2D eigenvalue weighted by Crippen LogP contribution is 2.52. The molecule has 0 bridgehead atoms. The predicted octanol–water partition coefficient (Wildman–Crippen LogP) is 2.33. The van der Waals surface area contributed by atoms with Crippen LogP contribution >= 0.6 is 0 Å². The van der Waals surface area contributed by atoms with Crippen molar-refractivity contribution in [1.82, 2.24) is 5.32 Å². The third-order valence-electron chi connectivity index (χ3n) is 4.54. The van der Waals surface area contributed by atoms with E-state index in [1.54, 1.807) is 0 Å². The van der Waals surface area contributed by atoms with E-state index in [1.165, 1.54) is 0 Å². The number of carbonyl (C=O) groups excluding carboxylic acids is 1. The summed E-state index contributed by atoms with van der Waals surface area (Å²) in [5.74, 6) is 0.362. The maximum absolute atomic E-state index is 12.2. The van der Waals surface area contributed by atoms with Crippen molar-refractivity contribution in [3.05, 3.63) is 35.4 Å². The highest BCUT2D eigenvalue weighted by atomic mass is 16.2. The van der Waals surface area contributed by atoms with E-state index < -0.39 is 0 Å². The van der Waals surface area contributed by atoms with Crippen molar-refractivity contribution in [3.8, 4) is 6.07 Å². The van der Waals surface area contributed by atoms with Crippen LogP contribution in [0.4, 0.5) is 0 Å². The van der Waals surface area contributed by atoms with E-state index in [1.807, 2.05) is 24.3 Å². The summed E-state index contributed by atoms with van der Waals surface area (Å²) in [4.78, 5) is 12.2. The van der Waals surface area contributed by atoms with Crippen molar-refractivity contribution in [1.29, 1.82) is 5.26 Å². The zero-order valence-corrected chi connectivity index (χ0v) is 10.3. The second-order valence-electron chi connectivity index (χ2n) is 5.32. The van der Waals surface area contributed by atoms with Gasteiger partial charge in [-0.15, -0.1) is 0 Å². The molecule has 1 aliphatic carbocycles. The van der Waals surface area contributed by atoms with Crippen LogP contribution in [0.1, 0.15) is 42.7 Å². The van der Waals surface area contributed by atoms with Crippen molar-refractivity contribution < 1.29 is 4.79 Å². The quantitative estimate of drug-likeness (QED) is 0.819. The van der Waals surface area contributed by atoms with Crippen molar-refractivity contribution in [3.63, 3.8) is 0 Å². The van der Waals surface area contributed by atoms with Crippen molar-refractivity contribution in [2.24, 2.45) is 5.41 Å². The average Bonchev–Trinajstić information content (AvgIpc) is 3.01. The van der Waals surface area contributed by atoms with Crippen LogP contribution in [-0.2, 0) is 4.79 Å². The van der Waals surface area contributed by atoms with Crippen LogP contribution in [-0.4, -0.2) is 12.5 Å². The summed E-state index contributed by atoms with van der Waals surface area (Å²) in [7, 11) is 0. The van der Waals surface area contributed by atoms with Gasteiger partial charge in [-0.1, -0.05) is 31.0 Å². The van der Waals surface area contributed by atoms with Gasteiger partial charge in [0.05, 0.1) is 17.0 Å². The first-order chi connectivity index (χ1) is 8.78. The normalized spacial score (nSPS) is 25.1. The van der Waals surface area contributed by atoms with E-state index in [9.17, 15) is 10.1 Å². The first kappa shape index (κ1) is 11.3. The molecule has 1 aromatic carbocycles. The molecule has 1 spiro atoms. The monoisotopic (exact) mass is 240 g/mol. The number of hydrogen-bond acceptors (Lipinski definition) is 2. The number of benzene rings is 1. The van der Waals surface area contributed by atoms with E-state index in [0.717, 1.165) is 31.2 Å². The minimum absolute atomic E-state index is 0.170. The Balaban J connectivity index is 2.06. The molecule has 3 nitrogen and oxygen atoms in total. The summed E-state index contributed by atoms with van der Waals surface area (Å²) in [6, 6.07) is 9.95. The number of carbonyl (C=O) groups is 1. The van der Waals surface area contributed by atoms with Crippen LogP contribution in [0, 0.1) is 16.7 Å². The molecule has 1 heterocycles. The van der Waals surface area contributed by atoms with Crippen LogP contribution in [0.25, 0.3) is 0 Å². The van der Waals surface area contributed by atoms with Gasteiger partial charge in [0.2, 0.25) is 5.91 Å². The summed E-state index contributed by atoms with van der Waals surface area (Å²) in [6.07, 6.45) is 4.17. The van der Waals surface area contributed by atoms with Gasteiger partial charge in [-0.25, -0.2) is 0 Å². The third-order valence-corrected chi connectivity index (χ3v) is 4.54. The second kappa shape index (κ2) is 4.13. The molecule has 2 fully saturated rings. The first-order valence-corrected chi connectivity index (χ1v) is 6.55. The van der Waals surface area contributed by atoms with E-state index >= 15 is 0 Å². The molecule has 3 rings (SSSR count). The fraction of sp³-hybridized carbons (Fsp3) is 0.467. The molecule has 1 atom stereocenters. The highest BCUT2D eigenvalue weighted by Gasteiger charge is 2.52. The number of nitrogens with one attached hydrogen (secondary N) is 1. The smallest absolute Gasteiger partial charge is 0.226 e. The molecular weight excluding hydrogens is 224 g/mol. The predicted molar refractivity (Wildman–Crippen MR) is 67.8 cm³/mol. The Hall–Kier alpha value is -1.82. The summed E-state index contributed by atoms with van der Waals surface area (Å²) in [5.41, 5.74) is 1.51. The third kappa shape index (κ3) is 1.45. The van der Waals surface area contributed by atoms with Gasteiger partial charge in [0.15, 0.2) is 0 Å². The topological polar surface area (TPSA) is 52.9 Å². The lowest BCUT2D eigenvalue weighted by Gasteiger charge is -2.28. The van der Waals surface area contributed by atoms with Crippen LogP contribution < -0.4 is 5.32 Å². The molecule has 1 saturated carbocycles. The Labute approximate surface area is 107 Å². The molecule has 1 aliphatic heterocycles. The summed E-state index contributed by atoms with van der Waals surface area (Å²) >= 11 is 0. The number of amides is 1. The van der Waals surface area contributed by atoms with E-state index in [4.69, 9.17) is 0 Å². The van der Waals surface area contributed by atoms with Gasteiger partial charge in [0, 0.05) is 12.5 Å². The van der Waals surface area contributed by atoms with Crippen molar-refractivity contribution in [2.45, 2.75) is 31.6 Å². The minimum atomic E-state index is -0.243. The fourth-order valence-corrected chi connectivity index (χ4v) is 3.62. The standard InChI is InChI=1S/C15H16N2O/c16-9-11-5-1-2-6-12(11)13-10-17-14(18)15(13)7-3-4-8-15/h1-2,5-6,13H,3-4,7-8,10H2,(H,17,18)/t13-/m1/s1. The van der Waals surface area contributed by atoms with Gasteiger partial charge < -0.3 is 5.32 Å². The molecule has 1 amide bonds. The van der Waals surface area contributed by atoms with Gasteiger partial charge in [-0.2, -0.15) is 5.26 Å². The lowest BCUT2D eigenvalue weighted by molar-refractivity contribution is -0.127. The molecule has 1 N–H and O–H groups in total. The van der Waals surface area contributed by atoms with Gasteiger partial charge >= 0.3 is 0 Å². The molecule has 0 unspecified atom stereocenters. The Morgan fingerprint density at radius 3 is 2.72 bits per heavy atom. The number of nitriles is 1. The Bertz CT molecular complexity index is 524. The average molecular weight is 240 g/mol. The summed E-state index contributed by atoms with van der Waals surface area (Å²) in [5, 5.41) is 12.2. The van der Waals surface area contributed by atoms with Crippen LogP contribution in [0.5, 0.6) is 0 Å². The Morgan fingerprint density at radius 2 is 2.00 bits per heavy atom. The zero-order valence-electron chi connectivity index (χ0n) is 10.3. The second-order valence-corrected chi connectivity index (χ2v) is 5.32. The molecule has 18 heavy (non-hydrogen) atoms. The molecular formula is C15H16N2O. The summed E-state index contributed by atoms with van der Waals surface area (Å²) < 4.78 is 0. The molecule has 92 valence electrons. The molecule has 0 radical (unpaired) electrons. The molecule has 2 aliphatic rings. The highest BCUT2D eigenvalue weighted by molar-refractivity contribution is 5.87. The molecule has 1 saturated heterocycles. The molecule has 1 aromatic rings. The number of rotatable bonds is 1. The van der Waals surface area contributed by atoms with Gasteiger partial charge in [-0.05, 0) is 24.5 Å². The SMILES string of the molecule is N#Cc1ccccc1[C@H]1CNC(=O)C12CCCC2. The molecule has 3 heteroatoms. The minimum Gasteiger partial charge on any atom is -0.355 e. The van der Waals surface area contributed by atoms with Crippen LogP contribution in [0.2, 0.25) is 0 Å². The van der Waals surface area contributed by atoms with Crippen LogP contribution in [0.15, 0.2) is 24.3 Å². The largest absolute Gasteiger partial charge is 0.355 e. The van der Waals surface area contributed by atoms with E-state index in [0.29, 0.717) is 12.1 Å². The lowest BCUT2D eigenvalue weighted by atomic mass is 9.72. The summed E-state index contributed by atoms with van der Waals surface area (Å²) in [6.45, 7) is 0.678. The maximum Gasteiger partial charge on any atom is 0.226 e. The zero-order chi connectivity index (χ0) is 12.6. The number of nitrogens with zero attached hydrogens (tertiary/aromatic N) is 1. The van der Waals surface area contributed by atoms with Gasteiger partial charge in [-0.3, -0.25) is 4.79 Å². The van der Waals surface area contributed by atoms with E-state index in [-0.39, 0.29) is 17.2 Å². The Kier molecular flexibility index (Phi) is 2.59. The van der Waals surface area contributed by atoms with Gasteiger partial charge in [0.25, 0.3) is 0 Å². The first-order valence-electron chi connectivity index (χ1n) is 6.55.